The molecule has 1 atom stereocenters. The first-order valence-corrected chi connectivity index (χ1v) is 8.68. The van der Waals surface area contributed by atoms with Crippen LogP contribution in [0.4, 0.5) is 0 Å². The summed E-state index contributed by atoms with van der Waals surface area (Å²) in [5.41, 5.74) is 1.06. The molecule has 0 aliphatic heterocycles. The lowest BCUT2D eigenvalue weighted by atomic mass is 10.0. The largest absolute Gasteiger partial charge is 0.465 e. The van der Waals surface area contributed by atoms with Crippen molar-refractivity contribution in [2.75, 3.05) is 6.61 Å². The first kappa shape index (κ1) is 18.1. The quantitative estimate of drug-likeness (QED) is 0.385. The van der Waals surface area contributed by atoms with Crippen LogP contribution >= 0.6 is 0 Å². The van der Waals surface area contributed by atoms with Crippen LogP contribution in [0.5, 0.6) is 0 Å². The van der Waals surface area contributed by atoms with Crippen molar-refractivity contribution in [1.82, 2.24) is 4.98 Å². The highest BCUT2D eigenvalue weighted by molar-refractivity contribution is 6.05. The molecule has 0 amide bonds. The second kappa shape index (κ2) is 9.16. The molecule has 0 aliphatic rings. The lowest BCUT2D eigenvalue weighted by Crippen LogP contribution is -2.17. The Hall–Kier alpha value is -2.23. The predicted octanol–water partition coefficient (Wildman–Crippen LogP) is 4.57. The Morgan fingerprint density at radius 2 is 1.92 bits per heavy atom. The molecule has 4 nitrogen and oxygen atoms in total. The lowest BCUT2D eigenvalue weighted by molar-refractivity contribution is -0.144. The minimum absolute atomic E-state index is 0.254. The van der Waals surface area contributed by atoms with Crippen molar-refractivity contribution in [3.8, 4) is 0 Å². The number of fused-ring (bicyclic) bond motifs is 1. The van der Waals surface area contributed by atoms with Crippen molar-refractivity contribution >= 4 is 22.7 Å². The van der Waals surface area contributed by atoms with Gasteiger partial charge in [0.2, 0.25) is 0 Å². The molecule has 2 aromatic rings. The van der Waals surface area contributed by atoms with Gasteiger partial charge in [-0.15, -0.1) is 0 Å². The number of ketones is 1. The first-order valence-electron chi connectivity index (χ1n) is 8.68. The first-order chi connectivity index (χ1) is 11.6. The molecule has 0 saturated heterocycles. The topological polar surface area (TPSA) is 56.3 Å². The van der Waals surface area contributed by atoms with Crippen LogP contribution in [0.25, 0.3) is 10.9 Å². The van der Waals surface area contributed by atoms with Crippen LogP contribution in [0, 0.1) is 5.92 Å². The summed E-state index contributed by atoms with van der Waals surface area (Å²) < 4.78 is 5.28. The molecule has 0 N–H and O–H groups in total. The summed E-state index contributed by atoms with van der Waals surface area (Å²) in [6, 6.07) is 11.1. The molecule has 4 heteroatoms. The summed E-state index contributed by atoms with van der Waals surface area (Å²) in [7, 11) is 0. The van der Waals surface area contributed by atoms with Gasteiger partial charge in [0.05, 0.1) is 12.1 Å². The molecule has 0 fully saturated rings. The molecule has 1 aromatic carbocycles. The van der Waals surface area contributed by atoms with E-state index >= 15 is 0 Å². The van der Waals surface area contributed by atoms with E-state index in [1.165, 1.54) is 0 Å². The minimum Gasteiger partial charge on any atom is -0.465 e. The molecule has 0 radical (unpaired) electrons. The third kappa shape index (κ3) is 5.15. The van der Waals surface area contributed by atoms with Crippen LogP contribution in [-0.4, -0.2) is 23.3 Å². The van der Waals surface area contributed by atoms with E-state index in [4.69, 9.17) is 4.74 Å². The SMILES string of the molecule is CCCCC(CC)COC(=O)CC(=O)c1ccc2ccccc2n1. The Kier molecular flexibility index (Phi) is 6.91. The van der Waals surface area contributed by atoms with E-state index in [-0.39, 0.29) is 12.2 Å². The summed E-state index contributed by atoms with van der Waals surface area (Å²) in [6.45, 7) is 4.64. The molecule has 24 heavy (non-hydrogen) atoms. The van der Waals surface area contributed by atoms with Crippen molar-refractivity contribution in [3.63, 3.8) is 0 Å². The van der Waals surface area contributed by atoms with Crippen molar-refractivity contribution in [2.45, 2.75) is 46.0 Å². The normalized spacial score (nSPS) is 12.1. The monoisotopic (exact) mass is 327 g/mol. The fourth-order valence-electron chi connectivity index (χ4n) is 2.60. The molecule has 2 rings (SSSR count). The second-order valence-corrected chi connectivity index (χ2v) is 6.09. The Morgan fingerprint density at radius 3 is 2.67 bits per heavy atom. The van der Waals surface area contributed by atoms with Gasteiger partial charge in [0, 0.05) is 5.39 Å². The minimum atomic E-state index is -0.468. The number of carbonyl (C=O) groups is 2. The van der Waals surface area contributed by atoms with E-state index in [9.17, 15) is 9.59 Å². The molecule has 0 bridgehead atoms. The number of esters is 1. The fraction of sp³-hybridized carbons (Fsp3) is 0.450. The maximum atomic E-state index is 12.2. The fourth-order valence-corrected chi connectivity index (χ4v) is 2.60. The van der Waals surface area contributed by atoms with Gasteiger partial charge in [-0.25, -0.2) is 4.98 Å². The number of hydrogen-bond donors (Lipinski definition) is 0. The molecule has 0 saturated carbocycles. The number of benzene rings is 1. The maximum Gasteiger partial charge on any atom is 0.313 e. The Morgan fingerprint density at radius 1 is 1.12 bits per heavy atom. The molecule has 1 aromatic heterocycles. The number of Topliss-reactive ketones (excluding diaryl/α,β-unsaturated/α-hetero) is 1. The zero-order chi connectivity index (χ0) is 17.4. The van der Waals surface area contributed by atoms with Crippen molar-refractivity contribution in [1.29, 1.82) is 0 Å². The third-order valence-electron chi connectivity index (χ3n) is 4.21. The van der Waals surface area contributed by atoms with Gasteiger partial charge in [-0.2, -0.15) is 0 Å². The molecular weight excluding hydrogens is 302 g/mol. The molecule has 1 unspecified atom stereocenters. The number of nitrogens with zero attached hydrogens (tertiary/aromatic N) is 1. The number of unbranched alkanes of at least 4 members (excludes halogenated alkanes) is 1. The van der Waals surface area contributed by atoms with Gasteiger partial charge in [0.1, 0.15) is 12.1 Å². The van der Waals surface area contributed by atoms with Crippen molar-refractivity contribution in [3.05, 3.63) is 42.1 Å². The molecular formula is C20H25NO3. The van der Waals surface area contributed by atoms with Gasteiger partial charge in [-0.1, -0.05) is 57.4 Å². The van der Waals surface area contributed by atoms with Crippen LogP contribution < -0.4 is 0 Å². The van der Waals surface area contributed by atoms with E-state index in [1.54, 1.807) is 6.07 Å². The van der Waals surface area contributed by atoms with E-state index in [1.807, 2.05) is 30.3 Å². The maximum absolute atomic E-state index is 12.2. The van der Waals surface area contributed by atoms with Crippen molar-refractivity contribution in [2.24, 2.45) is 5.92 Å². The highest BCUT2D eigenvalue weighted by atomic mass is 16.5. The number of aromatic nitrogens is 1. The van der Waals surface area contributed by atoms with Gasteiger partial charge >= 0.3 is 5.97 Å². The summed E-state index contributed by atoms with van der Waals surface area (Å²) in [5.74, 6) is -0.389. The van der Waals surface area contributed by atoms with Gasteiger partial charge in [0.15, 0.2) is 5.78 Å². The smallest absolute Gasteiger partial charge is 0.313 e. The van der Waals surface area contributed by atoms with Gasteiger partial charge in [-0.05, 0) is 24.5 Å². The average Bonchev–Trinajstić information content (AvgIpc) is 2.61. The van der Waals surface area contributed by atoms with Crippen LogP contribution in [0.3, 0.4) is 0 Å². The Labute approximate surface area is 143 Å². The number of hydrogen-bond acceptors (Lipinski definition) is 4. The molecule has 0 aliphatic carbocycles. The number of carbonyl (C=O) groups excluding carboxylic acids is 2. The third-order valence-corrected chi connectivity index (χ3v) is 4.21. The molecule has 0 spiro atoms. The lowest BCUT2D eigenvalue weighted by Gasteiger charge is -2.14. The summed E-state index contributed by atoms with van der Waals surface area (Å²) in [6.07, 6.45) is 4.05. The predicted molar refractivity (Wildman–Crippen MR) is 95.0 cm³/mol. The average molecular weight is 327 g/mol. The highest BCUT2D eigenvalue weighted by Gasteiger charge is 2.16. The Bertz CT molecular complexity index is 696. The zero-order valence-corrected chi connectivity index (χ0v) is 14.5. The second-order valence-electron chi connectivity index (χ2n) is 6.09. The van der Waals surface area contributed by atoms with Crippen LogP contribution in [0.2, 0.25) is 0 Å². The van der Waals surface area contributed by atoms with Gasteiger partial charge in [0.25, 0.3) is 0 Å². The molecule has 128 valence electrons. The van der Waals surface area contributed by atoms with Crippen LogP contribution in [0.1, 0.15) is 56.4 Å². The standard InChI is InChI=1S/C20H25NO3/c1-3-5-8-15(4-2)14-24-20(23)13-19(22)18-12-11-16-9-6-7-10-17(16)21-18/h6-7,9-12,15H,3-5,8,13-14H2,1-2H3. The number of para-hydroxylation sites is 1. The summed E-state index contributed by atoms with van der Waals surface area (Å²) >= 11 is 0. The molecule has 1 heterocycles. The summed E-state index contributed by atoms with van der Waals surface area (Å²) in [4.78, 5) is 28.5. The highest BCUT2D eigenvalue weighted by Crippen LogP contribution is 2.15. The van der Waals surface area contributed by atoms with E-state index < -0.39 is 5.97 Å². The zero-order valence-electron chi connectivity index (χ0n) is 14.5. The van der Waals surface area contributed by atoms with E-state index in [0.717, 1.165) is 36.6 Å². The van der Waals surface area contributed by atoms with E-state index in [2.05, 4.69) is 18.8 Å². The van der Waals surface area contributed by atoms with Crippen molar-refractivity contribution < 1.29 is 14.3 Å². The van der Waals surface area contributed by atoms with Gasteiger partial charge < -0.3 is 4.74 Å². The summed E-state index contributed by atoms with van der Waals surface area (Å²) in [5, 5.41) is 0.971. The Balaban J connectivity index is 1.89. The number of rotatable bonds is 9. The van der Waals surface area contributed by atoms with Crippen LogP contribution in [0.15, 0.2) is 36.4 Å². The van der Waals surface area contributed by atoms with Crippen LogP contribution in [-0.2, 0) is 9.53 Å². The van der Waals surface area contributed by atoms with Gasteiger partial charge in [-0.3, -0.25) is 9.59 Å². The number of ether oxygens (including phenoxy) is 1. The van der Waals surface area contributed by atoms with E-state index in [0.29, 0.717) is 18.2 Å². The number of pyridine rings is 1.